The fourth-order valence-electron chi connectivity index (χ4n) is 3.19. The van der Waals surface area contributed by atoms with E-state index >= 15 is 0 Å². The zero-order chi connectivity index (χ0) is 20.6. The van der Waals surface area contributed by atoms with Gasteiger partial charge in [0.15, 0.2) is 25.3 Å². The lowest BCUT2D eigenvalue weighted by Crippen LogP contribution is -2.35. The molecule has 0 radical (unpaired) electrons. The van der Waals surface area contributed by atoms with Crippen LogP contribution in [-0.4, -0.2) is 59.8 Å². The summed E-state index contributed by atoms with van der Waals surface area (Å²) in [6.45, 7) is 2.40. The highest BCUT2D eigenvalue weighted by Crippen LogP contribution is 2.30. The molecule has 1 unspecified atom stereocenters. The van der Waals surface area contributed by atoms with Crippen molar-refractivity contribution >= 4 is 42.7 Å². The molecule has 0 bridgehead atoms. The number of hydrogen-bond acceptors (Lipinski definition) is 8. The number of carbonyl (C=O) groups is 1. The number of aromatic nitrogens is 3. The van der Waals surface area contributed by atoms with Crippen LogP contribution in [0.15, 0.2) is 35.5 Å². The molecule has 0 aliphatic carbocycles. The van der Waals surface area contributed by atoms with E-state index in [9.17, 15) is 13.2 Å². The van der Waals surface area contributed by atoms with Crippen LogP contribution >= 0.6 is 11.3 Å². The molecule has 2 amide bonds. The van der Waals surface area contributed by atoms with Crippen molar-refractivity contribution in [1.82, 2.24) is 19.9 Å². The van der Waals surface area contributed by atoms with Crippen molar-refractivity contribution in [1.29, 1.82) is 0 Å². The Labute approximate surface area is 171 Å². The molecule has 3 heterocycles. The summed E-state index contributed by atoms with van der Waals surface area (Å²) < 4.78 is 30.9. The van der Waals surface area contributed by atoms with Gasteiger partial charge >= 0.3 is 6.03 Å². The van der Waals surface area contributed by atoms with Gasteiger partial charge in [-0.15, -0.1) is 0 Å². The molecule has 1 aliphatic heterocycles. The van der Waals surface area contributed by atoms with Crippen LogP contribution in [0, 0.1) is 6.92 Å². The molecule has 1 fully saturated rings. The van der Waals surface area contributed by atoms with Crippen molar-refractivity contribution in [2.45, 2.75) is 23.5 Å². The lowest BCUT2D eigenvalue weighted by atomic mass is 10.2. The molecule has 1 aromatic carbocycles. The maximum absolute atomic E-state index is 12.9. The van der Waals surface area contributed by atoms with Crippen molar-refractivity contribution < 1.29 is 17.9 Å². The van der Waals surface area contributed by atoms with Crippen LogP contribution < -0.4 is 10.1 Å². The summed E-state index contributed by atoms with van der Waals surface area (Å²) in [6, 6.07) is 6.39. The van der Waals surface area contributed by atoms with Crippen LogP contribution in [0.1, 0.15) is 12.0 Å². The van der Waals surface area contributed by atoms with Crippen molar-refractivity contribution in [3.63, 3.8) is 0 Å². The molecule has 152 valence electrons. The van der Waals surface area contributed by atoms with Crippen LogP contribution in [-0.2, 0) is 9.84 Å². The number of nitrogens with zero attached hydrogens (tertiary/aromatic N) is 4. The van der Waals surface area contributed by atoms with Crippen LogP contribution in [0.5, 0.6) is 5.88 Å². The van der Waals surface area contributed by atoms with Gasteiger partial charge < -0.3 is 9.64 Å². The summed E-state index contributed by atoms with van der Waals surface area (Å²) in [7, 11) is -2.01. The van der Waals surface area contributed by atoms with E-state index < -0.39 is 21.1 Å². The second kappa shape index (κ2) is 7.56. The molecule has 1 N–H and O–H groups in total. The maximum atomic E-state index is 12.9. The third-order valence-electron chi connectivity index (χ3n) is 4.79. The number of carbonyl (C=O) groups excluding carboxylic acids is 1. The number of rotatable bonds is 4. The number of sulfone groups is 1. The highest BCUT2D eigenvalue weighted by molar-refractivity contribution is 7.92. The number of anilines is 1. The quantitative estimate of drug-likeness (QED) is 0.672. The number of nitrogens with one attached hydrogen (secondary N) is 1. The number of thiazole rings is 1. The summed E-state index contributed by atoms with van der Waals surface area (Å²) in [4.78, 5) is 27.4. The fourth-order valence-corrected chi connectivity index (χ4v) is 5.67. The Bertz CT molecular complexity index is 1160. The first-order chi connectivity index (χ1) is 13.9. The second-order valence-corrected chi connectivity index (χ2v) is 9.91. The van der Waals surface area contributed by atoms with Crippen molar-refractivity contribution in [3.05, 3.63) is 36.2 Å². The number of hydrogen-bond donors (Lipinski definition) is 1. The van der Waals surface area contributed by atoms with Crippen LogP contribution in [0.3, 0.4) is 0 Å². The minimum atomic E-state index is -3.49. The lowest BCUT2D eigenvalue weighted by Gasteiger charge is -2.16. The molecule has 0 spiro atoms. The summed E-state index contributed by atoms with van der Waals surface area (Å²) >= 11 is 1.20. The molecular weight excluding hydrogens is 414 g/mol. The highest BCUT2D eigenvalue weighted by atomic mass is 32.2. The minimum absolute atomic E-state index is 0.135. The Morgan fingerprint density at radius 2 is 2.03 bits per heavy atom. The van der Waals surface area contributed by atoms with E-state index in [0.29, 0.717) is 34.3 Å². The summed E-state index contributed by atoms with van der Waals surface area (Å²) in [5, 5.41) is 2.45. The van der Waals surface area contributed by atoms with E-state index in [2.05, 4.69) is 20.3 Å². The number of amides is 2. The first-order valence-electron chi connectivity index (χ1n) is 8.90. The molecule has 2 aromatic heterocycles. The number of likely N-dealkylation sites (tertiary alicyclic amines) is 1. The molecule has 4 rings (SSSR count). The Kier molecular flexibility index (Phi) is 5.09. The van der Waals surface area contributed by atoms with Crippen LogP contribution in [0.2, 0.25) is 0 Å². The predicted molar refractivity (Wildman–Crippen MR) is 109 cm³/mol. The summed E-state index contributed by atoms with van der Waals surface area (Å²) in [5.41, 5.74) is 1.46. The van der Waals surface area contributed by atoms with Gasteiger partial charge in [-0.1, -0.05) is 29.0 Å². The van der Waals surface area contributed by atoms with E-state index in [4.69, 9.17) is 4.74 Å². The van der Waals surface area contributed by atoms with Gasteiger partial charge in [-0.25, -0.2) is 23.2 Å². The summed E-state index contributed by atoms with van der Waals surface area (Å²) in [6.07, 6.45) is 1.76. The molecule has 0 saturated carbocycles. The minimum Gasteiger partial charge on any atom is -0.479 e. The summed E-state index contributed by atoms with van der Waals surface area (Å²) in [5.74, 6) is 0.331. The number of urea groups is 1. The Morgan fingerprint density at radius 1 is 1.28 bits per heavy atom. The lowest BCUT2D eigenvalue weighted by molar-refractivity contribution is 0.222. The standard InChI is InChI=1S/C18H19N5O4S2/c1-11-3-5-12(6-4-11)29(25,26)13-7-8-23(9-13)18(24)22-17-21-14-15(27-2)19-10-20-16(14)28-17/h3-6,10,13H,7-9H2,1-2H3,(H,21,22,24). The Hall–Kier alpha value is -2.79. The first kappa shape index (κ1) is 19.5. The number of methoxy groups -OCH3 is 1. The van der Waals surface area contributed by atoms with Gasteiger partial charge in [-0.2, -0.15) is 4.98 Å². The highest BCUT2D eigenvalue weighted by Gasteiger charge is 2.36. The molecule has 1 atom stereocenters. The van der Waals surface area contributed by atoms with Crippen molar-refractivity contribution in [3.8, 4) is 5.88 Å². The third-order valence-corrected chi connectivity index (χ3v) is 7.86. The van der Waals surface area contributed by atoms with Crippen LogP contribution in [0.25, 0.3) is 10.3 Å². The second-order valence-electron chi connectivity index (χ2n) is 6.70. The van der Waals surface area contributed by atoms with E-state index in [1.807, 2.05) is 6.92 Å². The fraction of sp³-hybridized carbons (Fsp3) is 0.333. The predicted octanol–water partition coefficient (Wildman–Crippen LogP) is 2.48. The van der Waals surface area contributed by atoms with Gasteiger partial charge in [0, 0.05) is 13.1 Å². The largest absolute Gasteiger partial charge is 0.479 e. The van der Waals surface area contributed by atoms with Gasteiger partial charge in [0.1, 0.15) is 6.33 Å². The Balaban J connectivity index is 1.46. The molecule has 1 aliphatic rings. The van der Waals surface area contributed by atoms with Crippen molar-refractivity contribution in [2.75, 3.05) is 25.5 Å². The van der Waals surface area contributed by atoms with E-state index in [-0.39, 0.29) is 11.4 Å². The van der Waals surface area contributed by atoms with Gasteiger partial charge in [0.25, 0.3) is 0 Å². The number of fused-ring (bicyclic) bond motifs is 1. The molecule has 3 aromatic rings. The average molecular weight is 434 g/mol. The van der Waals surface area contributed by atoms with Gasteiger partial charge in [-0.3, -0.25) is 5.32 Å². The molecule has 9 nitrogen and oxygen atoms in total. The van der Waals surface area contributed by atoms with Crippen molar-refractivity contribution in [2.24, 2.45) is 0 Å². The SMILES string of the molecule is COc1ncnc2sc(NC(=O)N3CCC(S(=O)(=O)c4ccc(C)cc4)C3)nc12. The molecule has 29 heavy (non-hydrogen) atoms. The number of aryl methyl sites for hydroxylation is 1. The van der Waals surface area contributed by atoms with E-state index in [0.717, 1.165) is 5.56 Å². The van der Waals surface area contributed by atoms with Gasteiger partial charge in [0.2, 0.25) is 5.88 Å². The normalized spacial score (nSPS) is 16.9. The average Bonchev–Trinajstić information content (AvgIpc) is 3.35. The van der Waals surface area contributed by atoms with Gasteiger partial charge in [0.05, 0.1) is 17.3 Å². The van der Waals surface area contributed by atoms with Crippen LogP contribution in [0.4, 0.5) is 9.93 Å². The molecule has 1 saturated heterocycles. The topological polar surface area (TPSA) is 114 Å². The zero-order valence-corrected chi connectivity index (χ0v) is 17.5. The molecular formula is C18H19N5O4S2. The monoisotopic (exact) mass is 433 g/mol. The third kappa shape index (κ3) is 3.75. The Morgan fingerprint density at radius 3 is 2.76 bits per heavy atom. The molecule has 11 heteroatoms. The number of ether oxygens (including phenoxy) is 1. The first-order valence-corrected chi connectivity index (χ1v) is 11.3. The van der Waals surface area contributed by atoms with Gasteiger partial charge in [-0.05, 0) is 25.5 Å². The number of benzene rings is 1. The van der Waals surface area contributed by atoms with E-state index in [1.165, 1.54) is 29.7 Å². The zero-order valence-electron chi connectivity index (χ0n) is 15.8. The maximum Gasteiger partial charge on any atom is 0.323 e. The smallest absolute Gasteiger partial charge is 0.323 e. The van der Waals surface area contributed by atoms with E-state index in [1.54, 1.807) is 24.3 Å².